The van der Waals surface area contributed by atoms with Gasteiger partial charge in [0.15, 0.2) is 0 Å². The van der Waals surface area contributed by atoms with E-state index in [-0.39, 0.29) is 52.7 Å². The first kappa shape index (κ1) is 84.0. The first-order chi connectivity index (χ1) is 7.06. The van der Waals surface area contributed by atoms with E-state index in [4.69, 9.17) is 14.4 Å². The van der Waals surface area contributed by atoms with E-state index in [1.165, 1.54) is 0 Å². The second-order valence-electron chi connectivity index (χ2n) is 1.34. The summed E-state index contributed by atoms with van der Waals surface area (Å²) in [6, 6.07) is -0.833. The Kier molecular flexibility index (Phi) is 411. The molecule has 34 N–H and O–H groups in total. The van der Waals surface area contributed by atoms with E-state index < -0.39 is 6.03 Å². The van der Waals surface area contributed by atoms with Crippen molar-refractivity contribution in [3.63, 3.8) is 0 Å². The third-order valence-corrected chi connectivity index (χ3v) is 0.364. The highest BCUT2D eigenvalue weighted by molar-refractivity contribution is 5.69. The Hall–Kier alpha value is -1.99. The average molecular weight is 366 g/mol. The van der Waals surface area contributed by atoms with Crippen molar-refractivity contribution in [3.05, 3.63) is 0 Å². The van der Waals surface area contributed by atoms with E-state index in [1.807, 2.05) is 0 Å². The number of rotatable bonds is 5. The Bertz CT molecular complexity index is 155. The van der Waals surface area contributed by atoms with Gasteiger partial charge >= 0.3 is 12.2 Å². The van der Waals surface area contributed by atoms with Crippen LogP contribution in [-0.2, 0) is 9.59 Å². The summed E-state index contributed by atoms with van der Waals surface area (Å²) in [6.45, 7) is 0. The highest BCUT2D eigenvalue weighted by atomic mass is 16.2. The number of carbonyl (C=O) groups excluding carboxylic acids is 3. The molecule has 0 aromatic rings. The number of hydrogen-bond acceptors (Lipinski definition) is 15. The van der Waals surface area contributed by atoms with E-state index in [0.717, 1.165) is 0 Å². The van der Waals surface area contributed by atoms with Crippen LogP contribution < -0.4 is 81.0 Å². The van der Waals surface area contributed by atoms with Gasteiger partial charge in [-0.2, -0.15) is 20.7 Å². The minimum absolute atomic E-state index is 0. The quantitative estimate of drug-likeness (QED) is 0.158. The number of hydrazine groups is 5. The van der Waals surface area contributed by atoms with Crippen LogP contribution in [-0.4, -0.2) is 34.1 Å². The SMILES string of the molecule is N.N.N.N.NC(N)=O.O.O.O=C=O.[NH3+]NNNNNN[NH3+].[OH-].[OH-]. The van der Waals surface area contributed by atoms with E-state index in [9.17, 15) is 0 Å². The molecule has 0 saturated heterocycles. The first-order valence-electron chi connectivity index (χ1n) is 3.15. The van der Waals surface area contributed by atoms with Crippen molar-refractivity contribution in [1.82, 2.24) is 57.8 Å². The van der Waals surface area contributed by atoms with E-state index in [1.54, 1.807) is 0 Å². The molecule has 0 spiro atoms. The summed E-state index contributed by atoms with van der Waals surface area (Å²) in [5, 5.41) is 0. The van der Waals surface area contributed by atoms with Gasteiger partial charge in [-0.1, -0.05) is 11.1 Å². The first-order valence-corrected chi connectivity index (χ1v) is 3.15. The lowest BCUT2D eigenvalue weighted by Gasteiger charge is -2.02. The predicted octanol–water partition coefficient (Wildman–Crippen LogP) is -8.50. The summed E-state index contributed by atoms with van der Waals surface area (Å²) >= 11 is 0. The van der Waals surface area contributed by atoms with Gasteiger partial charge in [0.05, 0.1) is 0 Å². The van der Waals surface area contributed by atoms with E-state index >= 15 is 0 Å². The van der Waals surface area contributed by atoms with Gasteiger partial charge < -0.3 is 58.0 Å². The van der Waals surface area contributed by atoms with Crippen molar-refractivity contribution in [2.24, 2.45) is 11.5 Å². The standard InChI is InChI=1S/CH4N2O.CO2.H10N8.4H3N.4H2O/c2-1(3)4;2-1-3;1-3-5-7-8-6-4-2;;;;;;;;/h(H4,2,3,4);;3-8H,1-2H2;4*1H3;4*1H2. The molecule has 0 aromatic carbocycles. The molecule has 21 heteroatoms. The third kappa shape index (κ3) is 716. The molecule has 0 fully saturated rings. The maximum atomic E-state index is 9.00. The van der Waals surface area contributed by atoms with Crippen LogP contribution in [0.1, 0.15) is 0 Å². The van der Waals surface area contributed by atoms with Crippen molar-refractivity contribution in [3.8, 4) is 0 Å². The molecule has 0 unspecified atom stereocenters. The summed E-state index contributed by atoms with van der Waals surface area (Å²) in [6.07, 6.45) is 0.250. The average Bonchev–Trinajstić information content (AvgIpc) is 2.13. The molecule has 0 saturated carbocycles. The van der Waals surface area contributed by atoms with Crippen LogP contribution in [0.25, 0.3) is 0 Å². The fraction of sp³-hybridized carbons (Fsp3) is 0. The molecule has 0 atom stereocenters. The van der Waals surface area contributed by atoms with E-state index in [2.05, 4.69) is 56.4 Å². The highest BCUT2D eigenvalue weighted by Gasteiger charge is 1.74. The number of nitrogens with two attached hydrogens (primary N) is 2. The maximum Gasteiger partial charge on any atom is 0.373 e. The Morgan fingerprint density at radius 2 is 0.870 bits per heavy atom. The molecule has 154 valence electrons. The summed E-state index contributed by atoms with van der Waals surface area (Å²) in [5.74, 6) is 6.51. The number of urea groups is 1. The van der Waals surface area contributed by atoms with Crippen molar-refractivity contribution in [2.75, 3.05) is 0 Å². The normalized spacial score (nSPS) is 4.78. The number of amides is 2. The zero-order chi connectivity index (χ0) is 12.5. The molecule has 0 aromatic heterocycles. The van der Waals surface area contributed by atoms with Gasteiger partial charge in [-0.15, -0.1) is 11.1 Å². The molecule has 0 aliphatic rings. The lowest BCUT2D eigenvalue weighted by Crippen LogP contribution is -2.78. The second-order valence-corrected chi connectivity index (χ2v) is 1.34. The second kappa shape index (κ2) is 113. The van der Waals surface area contributed by atoms with Gasteiger partial charge in [0.25, 0.3) is 0 Å². The van der Waals surface area contributed by atoms with Gasteiger partial charge in [0.2, 0.25) is 0 Å². The predicted molar refractivity (Wildman–Crippen MR) is 74.6 cm³/mol. The van der Waals surface area contributed by atoms with Crippen LogP contribution in [0.5, 0.6) is 0 Å². The number of primary amides is 2. The van der Waals surface area contributed by atoms with Gasteiger partial charge in [-0.05, 0) is 0 Å². The minimum Gasteiger partial charge on any atom is -0.870 e. The van der Waals surface area contributed by atoms with Gasteiger partial charge in [-0.3, -0.25) is 11.7 Å². The van der Waals surface area contributed by atoms with Crippen LogP contribution >= 0.6 is 0 Å². The van der Waals surface area contributed by atoms with Crippen molar-refractivity contribution in [1.29, 1.82) is 0 Å². The number of quaternary nitrogens is 2. The summed E-state index contributed by atoms with van der Waals surface area (Å²) < 4.78 is 0. The number of hydrogen-bond donors (Lipinski definition) is 14. The Morgan fingerprint density at radius 1 is 0.739 bits per heavy atom. The fourth-order valence-electron chi connectivity index (χ4n) is 0.151. The van der Waals surface area contributed by atoms with E-state index in [0.29, 0.717) is 0 Å². The fourth-order valence-corrected chi connectivity index (χ4v) is 0.151. The molecule has 0 rings (SSSR count). The monoisotopic (exact) mass is 366 g/mol. The van der Waals surface area contributed by atoms with Crippen LogP contribution in [0.3, 0.4) is 0 Å². The molecule has 0 aliphatic heterocycles. The molecular formula is C2H34N14O7. The van der Waals surface area contributed by atoms with Gasteiger partial charge in [0, 0.05) is 0 Å². The third-order valence-electron chi connectivity index (χ3n) is 0.364. The Morgan fingerprint density at radius 3 is 0.957 bits per heavy atom. The largest absolute Gasteiger partial charge is 0.870 e. The molecule has 0 aliphatic carbocycles. The summed E-state index contributed by atoms with van der Waals surface area (Å²) in [7, 11) is 0. The zero-order valence-electron chi connectivity index (χ0n) is 12.5. The Labute approximate surface area is 131 Å². The lowest BCUT2D eigenvalue weighted by molar-refractivity contribution is -0.466. The smallest absolute Gasteiger partial charge is 0.373 e. The lowest BCUT2D eigenvalue weighted by atomic mass is 11.2. The Balaban J connectivity index is -0.00000000966. The molecule has 2 amide bonds. The molecule has 0 bridgehead atoms. The van der Waals surface area contributed by atoms with Crippen LogP contribution in [0.4, 0.5) is 4.79 Å². The molecule has 0 radical (unpaired) electrons. The zero-order valence-corrected chi connectivity index (χ0v) is 12.5. The summed E-state index contributed by atoms with van der Waals surface area (Å²) in [5.41, 5.74) is 23.0. The van der Waals surface area contributed by atoms with Crippen LogP contribution in [0.2, 0.25) is 0 Å². The number of carbonyl (C=O) groups is 1. The maximum absolute atomic E-state index is 9.00. The minimum atomic E-state index is -0.833. The highest BCUT2D eigenvalue weighted by Crippen LogP contribution is 1.25. The molecule has 23 heavy (non-hydrogen) atoms. The molecule has 0 heterocycles. The van der Waals surface area contributed by atoms with Crippen molar-refractivity contribution >= 4 is 12.2 Å². The summed E-state index contributed by atoms with van der Waals surface area (Å²) in [4.78, 5) is 25.2. The van der Waals surface area contributed by atoms with Gasteiger partial charge in [0.1, 0.15) is 0 Å². The molecule has 21 nitrogen and oxygen atoms in total. The molecular weight excluding hydrogens is 332 g/mol. The van der Waals surface area contributed by atoms with Gasteiger partial charge in [-0.25, -0.2) is 4.79 Å². The van der Waals surface area contributed by atoms with Crippen molar-refractivity contribution < 1.29 is 48.0 Å². The van der Waals surface area contributed by atoms with Crippen LogP contribution in [0, 0.1) is 0 Å². The topological polar surface area (TPSA) is 494 Å². The number of nitrogens with one attached hydrogen (secondary N) is 6. The van der Waals surface area contributed by atoms with Crippen LogP contribution in [0.15, 0.2) is 0 Å². The van der Waals surface area contributed by atoms with Crippen molar-refractivity contribution in [2.45, 2.75) is 0 Å².